The molecule has 0 radical (unpaired) electrons. The van der Waals surface area contributed by atoms with Crippen LogP contribution < -0.4 is 5.32 Å². The molecule has 1 amide bonds. The predicted octanol–water partition coefficient (Wildman–Crippen LogP) is 3.67. The van der Waals surface area contributed by atoms with Crippen molar-refractivity contribution in [1.29, 1.82) is 0 Å². The fourth-order valence-electron chi connectivity index (χ4n) is 3.30. The molecular formula is C19H19ClF3N3O2. The molecule has 0 bridgehead atoms. The van der Waals surface area contributed by atoms with Gasteiger partial charge in [0.15, 0.2) is 0 Å². The Kier molecular flexibility index (Phi) is 6.10. The van der Waals surface area contributed by atoms with E-state index in [2.05, 4.69) is 10.3 Å². The number of anilines is 1. The first-order valence-electron chi connectivity index (χ1n) is 8.76. The van der Waals surface area contributed by atoms with Gasteiger partial charge in [0.25, 0.3) is 0 Å². The molecule has 0 spiro atoms. The smallest absolute Gasteiger partial charge is 0.394 e. The highest BCUT2D eigenvalue weighted by atomic mass is 35.5. The van der Waals surface area contributed by atoms with Gasteiger partial charge in [0.2, 0.25) is 5.91 Å². The molecule has 1 aliphatic heterocycles. The van der Waals surface area contributed by atoms with Crippen LogP contribution in [-0.2, 0) is 17.4 Å². The number of aromatic nitrogens is 1. The summed E-state index contributed by atoms with van der Waals surface area (Å²) in [5.74, 6) is -0.0748. The molecule has 5 nitrogen and oxygen atoms in total. The van der Waals surface area contributed by atoms with Crippen molar-refractivity contribution in [3.8, 4) is 0 Å². The topological polar surface area (TPSA) is 65.5 Å². The lowest BCUT2D eigenvalue weighted by molar-refractivity contribution is -0.138. The van der Waals surface area contributed by atoms with Crippen molar-refractivity contribution in [2.24, 2.45) is 0 Å². The third kappa shape index (κ3) is 4.39. The van der Waals surface area contributed by atoms with Crippen LogP contribution in [0.4, 0.5) is 19.0 Å². The number of aliphatic hydroxyl groups excluding tert-OH is 1. The summed E-state index contributed by atoms with van der Waals surface area (Å²) in [6.45, 7) is 0.482. The summed E-state index contributed by atoms with van der Waals surface area (Å²) < 4.78 is 37.9. The van der Waals surface area contributed by atoms with Gasteiger partial charge in [0, 0.05) is 25.7 Å². The van der Waals surface area contributed by atoms with Crippen LogP contribution in [-0.4, -0.2) is 40.6 Å². The SMILES string of the molecule is O=C(CCNc1ncc(C(F)(F)F)cc1Cl)N1CCc2ccccc2C1CO. The number of alkyl halides is 3. The molecule has 0 saturated carbocycles. The highest BCUT2D eigenvalue weighted by Crippen LogP contribution is 2.32. The maximum absolute atomic E-state index is 12.6. The summed E-state index contributed by atoms with van der Waals surface area (Å²) in [5, 5.41) is 12.4. The molecule has 1 unspecified atom stereocenters. The van der Waals surface area contributed by atoms with E-state index >= 15 is 0 Å². The number of fused-ring (bicyclic) bond motifs is 1. The number of carbonyl (C=O) groups is 1. The monoisotopic (exact) mass is 413 g/mol. The Morgan fingerprint density at radius 1 is 1.36 bits per heavy atom. The fraction of sp³-hybridized carbons (Fsp3) is 0.368. The number of hydrogen-bond donors (Lipinski definition) is 2. The molecule has 3 rings (SSSR count). The van der Waals surface area contributed by atoms with E-state index in [1.807, 2.05) is 24.3 Å². The second-order valence-corrected chi connectivity index (χ2v) is 6.87. The van der Waals surface area contributed by atoms with Crippen molar-refractivity contribution in [2.75, 3.05) is 25.0 Å². The maximum atomic E-state index is 12.6. The zero-order valence-corrected chi connectivity index (χ0v) is 15.6. The Balaban J connectivity index is 1.60. The maximum Gasteiger partial charge on any atom is 0.417 e. The van der Waals surface area contributed by atoms with Crippen LogP contribution in [0.2, 0.25) is 5.02 Å². The third-order valence-corrected chi connectivity index (χ3v) is 4.99. The molecule has 2 aromatic rings. The van der Waals surface area contributed by atoms with Crippen molar-refractivity contribution in [3.63, 3.8) is 0 Å². The molecule has 28 heavy (non-hydrogen) atoms. The van der Waals surface area contributed by atoms with Crippen molar-refractivity contribution >= 4 is 23.3 Å². The van der Waals surface area contributed by atoms with Crippen LogP contribution >= 0.6 is 11.6 Å². The van der Waals surface area contributed by atoms with Crippen molar-refractivity contribution < 1.29 is 23.1 Å². The molecule has 0 fully saturated rings. The molecule has 2 N–H and O–H groups in total. The van der Waals surface area contributed by atoms with Crippen molar-refractivity contribution in [3.05, 3.63) is 58.2 Å². The van der Waals surface area contributed by atoms with Gasteiger partial charge in [-0.2, -0.15) is 13.2 Å². The van der Waals surface area contributed by atoms with E-state index in [9.17, 15) is 23.1 Å². The lowest BCUT2D eigenvalue weighted by atomic mass is 9.93. The molecule has 1 atom stereocenters. The van der Waals surface area contributed by atoms with Gasteiger partial charge in [0.1, 0.15) is 5.82 Å². The van der Waals surface area contributed by atoms with Gasteiger partial charge in [-0.15, -0.1) is 0 Å². The number of hydrogen-bond acceptors (Lipinski definition) is 4. The Hall–Kier alpha value is -2.32. The summed E-state index contributed by atoms with van der Waals surface area (Å²) in [6.07, 6.45) is -3.02. The second kappa shape index (κ2) is 8.36. The summed E-state index contributed by atoms with van der Waals surface area (Å²) in [6, 6.07) is 8.08. The standard InChI is InChI=1S/C19H19ClF3N3O2/c20-15-9-13(19(21,22)23)10-25-18(15)24-7-5-17(28)26-8-6-12-3-1-2-4-14(12)16(26)11-27/h1-4,9-10,16,27H,5-8,11H2,(H,24,25). The minimum absolute atomic E-state index is 0.0881. The molecule has 1 aromatic heterocycles. The summed E-state index contributed by atoms with van der Waals surface area (Å²) >= 11 is 5.85. The van der Waals surface area contributed by atoms with Crippen LogP contribution in [0.1, 0.15) is 29.2 Å². The van der Waals surface area contributed by atoms with Gasteiger partial charge in [-0.1, -0.05) is 35.9 Å². The minimum atomic E-state index is -4.52. The molecule has 9 heteroatoms. The Bertz CT molecular complexity index is 861. The van der Waals surface area contributed by atoms with Gasteiger partial charge in [-0.3, -0.25) is 4.79 Å². The quantitative estimate of drug-likeness (QED) is 0.785. The first-order valence-corrected chi connectivity index (χ1v) is 9.14. The number of aliphatic hydroxyl groups is 1. The lowest BCUT2D eigenvalue weighted by Crippen LogP contribution is -2.42. The molecular weight excluding hydrogens is 395 g/mol. The van der Waals surface area contributed by atoms with Crippen LogP contribution in [0.15, 0.2) is 36.5 Å². The van der Waals surface area contributed by atoms with Gasteiger partial charge in [-0.25, -0.2) is 4.98 Å². The van der Waals surface area contributed by atoms with Crippen LogP contribution in [0.5, 0.6) is 0 Å². The average Bonchev–Trinajstić information content (AvgIpc) is 2.67. The summed E-state index contributed by atoms with van der Waals surface area (Å²) in [7, 11) is 0. The zero-order valence-electron chi connectivity index (χ0n) is 14.8. The van der Waals surface area contributed by atoms with E-state index in [-0.39, 0.29) is 36.3 Å². The number of rotatable bonds is 5. The number of amides is 1. The highest BCUT2D eigenvalue weighted by Gasteiger charge is 2.32. The number of nitrogens with zero attached hydrogens (tertiary/aromatic N) is 2. The fourth-order valence-corrected chi connectivity index (χ4v) is 3.53. The van der Waals surface area contributed by atoms with Crippen LogP contribution in [0.25, 0.3) is 0 Å². The Morgan fingerprint density at radius 3 is 2.79 bits per heavy atom. The largest absolute Gasteiger partial charge is 0.417 e. The van der Waals surface area contributed by atoms with E-state index in [1.54, 1.807) is 4.90 Å². The number of benzene rings is 1. The predicted molar refractivity (Wildman–Crippen MR) is 99.0 cm³/mol. The van der Waals surface area contributed by atoms with Gasteiger partial charge in [0.05, 0.1) is 23.2 Å². The van der Waals surface area contributed by atoms with Gasteiger partial charge in [-0.05, 0) is 23.6 Å². The molecule has 2 heterocycles. The zero-order chi connectivity index (χ0) is 20.3. The van der Waals surface area contributed by atoms with Crippen LogP contribution in [0, 0.1) is 0 Å². The molecule has 1 aliphatic rings. The molecule has 1 aromatic carbocycles. The molecule has 0 aliphatic carbocycles. The summed E-state index contributed by atoms with van der Waals surface area (Å²) in [5.41, 5.74) is 1.12. The highest BCUT2D eigenvalue weighted by molar-refractivity contribution is 6.32. The molecule has 0 saturated heterocycles. The Morgan fingerprint density at radius 2 is 2.11 bits per heavy atom. The lowest BCUT2D eigenvalue weighted by Gasteiger charge is -2.36. The van der Waals surface area contributed by atoms with E-state index in [4.69, 9.17) is 11.6 Å². The summed E-state index contributed by atoms with van der Waals surface area (Å²) in [4.78, 5) is 17.9. The van der Waals surface area contributed by atoms with Gasteiger partial charge >= 0.3 is 6.18 Å². The van der Waals surface area contributed by atoms with Gasteiger partial charge < -0.3 is 15.3 Å². The minimum Gasteiger partial charge on any atom is -0.394 e. The Labute approximate surface area is 165 Å². The molecule has 150 valence electrons. The average molecular weight is 414 g/mol. The first kappa shape index (κ1) is 20.4. The van der Waals surface area contributed by atoms with Crippen molar-refractivity contribution in [1.82, 2.24) is 9.88 Å². The number of halogens is 4. The third-order valence-electron chi connectivity index (χ3n) is 4.71. The number of carbonyl (C=O) groups excluding carboxylic acids is 1. The van der Waals surface area contributed by atoms with Crippen LogP contribution in [0.3, 0.4) is 0 Å². The van der Waals surface area contributed by atoms with Crippen molar-refractivity contribution in [2.45, 2.75) is 25.1 Å². The second-order valence-electron chi connectivity index (χ2n) is 6.46. The van der Waals surface area contributed by atoms with E-state index in [0.29, 0.717) is 19.2 Å². The first-order chi connectivity index (χ1) is 13.3. The number of pyridine rings is 1. The van der Waals surface area contributed by atoms with E-state index < -0.39 is 17.8 Å². The van der Waals surface area contributed by atoms with E-state index in [1.165, 1.54) is 0 Å². The van der Waals surface area contributed by atoms with E-state index in [0.717, 1.165) is 17.2 Å². The normalized spacial score (nSPS) is 16.6. The number of nitrogens with one attached hydrogen (secondary N) is 1.